The highest BCUT2D eigenvalue weighted by atomic mass is 35.5. The van der Waals surface area contributed by atoms with Crippen molar-refractivity contribution in [1.29, 1.82) is 0 Å². The quantitative estimate of drug-likeness (QED) is 0.189. The van der Waals surface area contributed by atoms with Gasteiger partial charge in [-0.2, -0.15) is 18.3 Å². The number of benzene rings is 2. The normalized spacial score (nSPS) is 12.1. The van der Waals surface area contributed by atoms with Gasteiger partial charge in [0.15, 0.2) is 0 Å². The molecule has 2 amide bonds. The molecular weight excluding hydrogens is 622 g/mol. The molecule has 43 heavy (non-hydrogen) atoms. The van der Waals surface area contributed by atoms with Crippen LogP contribution in [0.1, 0.15) is 20.8 Å². The van der Waals surface area contributed by atoms with E-state index in [2.05, 4.69) is 15.6 Å². The third kappa shape index (κ3) is 6.90. The first-order valence-corrected chi connectivity index (χ1v) is 14.4. The standard InChI is InChI=1S/C30H22Cl2F3N5O2S/c1-36-28(41)24(13-17-4-6-19(7-5-17)30(33,34)35)38-29(42)27-11-10-26(43-27)25-15-23(18-3-2-12-37-16-18)39-40(25)20-8-9-21(31)22(32)14-20/h2-12,14-16,24H,13H2,1H3,(H,36,41)(H,38,42)/t24-/m0/s1. The Hall–Kier alpha value is -4.19. The molecule has 7 nitrogen and oxygen atoms in total. The van der Waals surface area contributed by atoms with Gasteiger partial charge in [0.2, 0.25) is 5.91 Å². The van der Waals surface area contributed by atoms with E-state index in [0.29, 0.717) is 42.4 Å². The highest BCUT2D eigenvalue weighted by molar-refractivity contribution is 7.17. The number of hydrogen-bond donors (Lipinski definition) is 2. The monoisotopic (exact) mass is 643 g/mol. The van der Waals surface area contributed by atoms with Crippen molar-refractivity contribution in [1.82, 2.24) is 25.4 Å². The molecule has 5 rings (SSSR count). The molecule has 220 valence electrons. The summed E-state index contributed by atoms with van der Waals surface area (Å²) in [5, 5.41) is 10.7. The van der Waals surface area contributed by atoms with Crippen LogP contribution in [0.5, 0.6) is 0 Å². The lowest BCUT2D eigenvalue weighted by atomic mass is 10.0. The molecule has 0 bridgehead atoms. The fraction of sp³-hybridized carbons (Fsp3) is 0.133. The van der Waals surface area contributed by atoms with E-state index in [0.717, 1.165) is 17.7 Å². The molecule has 3 heterocycles. The molecular formula is C30H22Cl2F3N5O2S. The van der Waals surface area contributed by atoms with Crippen molar-refractivity contribution >= 4 is 46.4 Å². The summed E-state index contributed by atoms with van der Waals surface area (Å²) in [5.74, 6) is -0.992. The molecule has 3 aromatic heterocycles. The lowest BCUT2D eigenvalue weighted by Crippen LogP contribution is -2.46. The maximum absolute atomic E-state index is 13.3. The van der Waals surface area contributed by atoms with Crippen molar-refractivity contribution in [2.45, 2.75) is 18.6 Å². The summed E-state index contributed by atoms with van der Waals surface area (Å²) in [5.41, 5.74) is 2.42. The molecule has 0 unspecified atom stereocenters. The van der Waals surface area contributed by atoms with Crippen molar-refractivity contribution in [2.24, 2.45) is 0 Å². The molecule has 0 saturated carbocycles. The minimum absolute atomic E-state index is 0.000348. The minimum atomic E-state index is -4.47. The van der Waals surface area contributed by atoms with Gasteiger partial charge < -0.3 is 10.6 Å². The number of halogens is 5. The summed E-state index contributed by atoms with van der Waals surface area (Å²) < 4.78 is 40.5. The second-order valence-corrected chi connectivity index (χ2v) is 11.3. The highest BCUT2D eigenvalue weighted by Crippen LogP contribution is 2.35. The lowest BCUT2D eigenvalue weighted by molar-refractivity contribution is -0.137. The molecule has 0 aliphatic rings. The fourth-order valence-electron chi connectivity index (χ4n) is 4.30. The van der Waals surface area contributed by atoms with E-state index in [1.165, 1.54) is 30.5 Å². The van der Waals surface area contributed by atoms with Crippen molar-refractivity contribution in [3.63, 3.8) is 0 Å². The van der Waals surface area contributed by atoms with Crippen LogP contribution in [0.4, 0.5) is 13.2 Å². The molecule has 5 aromatic rings. The molecule has 13 heteroatoms. The van der Waals surface area contributed by atoms with Crippen LogP contribution in [0.15, 0.2) is 85.2 Å². The number of thiophene rings is 1. The zero-order chi connectivity index (χ0) is 30.7. The molecule has 0 aliphatic heterocycles. The highest BCUT2D eigenvalue weighted by Gasteiger charge is 2.30. The first kappa shape index (κ1) is 30.3. The second kappa shape index (κ2) is 12.6. The van der Waals surface area contributed by atoms with Crippen molar-refractivity contribution in [2.75, 3.05) is 7.05 Å². The number of nitrogens with zero attached hydrogens (tertiary/aromatic N) is 3. The Labute approximate surface area is 258 Å². The largest absolute Gasteiger partial charge is 0.416 e. The third-order valence-electron chi connectivity index (χ3n) is 6.49. The molecule has 0 radical (unpaired) electrons. The van der Waals surface area contributed by atoms with Crippen LogP contribution in [0, 0.1) is 0 Å². The lowest BCUT2D eigenvalue weighted by Gasteiger charge is -2.17. The number of nitrogens with one attached hydrogen (secondary N) is 2. The van der Waals surface area contributed by atoms with E-state index in [1.54, 1.807) is 53.5 Å². The molecule has 0 fully saturated rings. The summed E-state index contributed by atoms with van der Waals surface area (Å²) in [6.45, 7) is 0. The number of pyridine rings is 1. The third-order valence-corrected chi connectivity index (χ3v) is 8.33. The van der Waals surface area contributed by atoms with E-state index >= 15 is 0 Å². The Morgan fingerprint density at radius 2 is 1.77 bits per heavy atom. The van der Waals surface area contributed by atoms with Crippen LogP contribution >= 0.6 is 34.5 Å². The Bertz CT molecular complexity index is 1770. The molecule has 0 spiro atoms. The van der Waals surface area contributed by atoms with Crippen LogP contribution < -0.4 is 10.6 Å². The Morgan fingerprint density at radius 3 is 2.42 bits per heavy atom. The van der Waals surface area contributed by atoms with Crippen molar-refractivity contribution in [3.05, 3.63) is 111 Å². The Balaban J connectivity index is 1.42. The molecule has 2 aromatic carbocycles. The molecule has 1 atom stereocenters. The van der Waals surface area contributed by atoms with E-state index in [1.807, 2.05) is 12.1 Å². The maximum atomic E-state index is 13.3. The van der Waals surface area contributed by atoms with Crippen LogP contribution in [0.3, 0.4) is 0 Å². The summed E-state index contributed by atoms with van der Waals surface area (Å²) >= 11 is 13.6. The predicted molar refractivity (Wildman–Crippen MR) is 161 cm³/mol. The number of amides is 2. The smallest absolute Gasteiger partial charge is 0.357 e. The fourth-order valence-corrected chi connectivity index (χ4v) is 5.50. The Kier molecular flexibility index (Phi) is 8.86. The zero-order valence-corrected chi connectivity index (χ0v) is 24.7. The van der Waals surface area contributed by atoms with E-state index in [4.69, 9.17) is 28.3 Å². The van der Waals surface area contributed by atoms with Crippen LogP contribution in [-0.2, 0) is 17.4 Å². The summed E-state index contributed by atoms with van der Waals surface area (Å²) in [7, 11) is 1.42. The van der Waals surface area contributed by atoms with Crippen LogP contribution in [0.2, 0.25) is 10.0 Å². The average Bonchev–Trinajstić information content (AvgIpc) is 3.66. The minimum Gasteiger partial charge on any atom is -0.357 e. The molecule has 0 saturated heterocycles. The van der Waals surface area contributed by atoms with Gasteiger partial charge in [0.1, 0.15) is 6.04 Å². The van der Waals surface area contributed by atoms with Gasteiger partial charge in [0, 0.05) is 31.4 Å². The second-order valence-electron chi connectivity index (χ2n) is 9.37. The summed E-state index contributed by atoms with van der Waals surface area (Å²) in [6.07, 6.45) is -1.12. The summed E-state index contributed by atoms with van der Waals surface area (Å²) in [4.78, 5) is 31.1. The number of rotatable bonds is 8. The first-order valence-electron chi connectivity index (χ1n) is 12.8. The number of carbonyl (C=O) groups is 2. The number of carbonyl (C=O) groups excluding carboxylic acids is 2. The SMILES string of the molecule is CNC(=O)[C@H](Cc1ccc(C(F)(F)F)cc1)NC(=O)c1ccc(-c2cc(-c3cccnc3)nn2-c2ccc(Cl)c(Cl)c2)s1. The average molecular weight is 645 g/mol. The first-order chi connectivity index (χ1) is 20.5. The number of hydrogen-bond acceptors (Lipinski definition) is 5. The summed E-state index contributed by atoms with van der Waals surface area (Å²) in [6, 6.07) is 17.5. The van der Waals surface area contributed by atoms with Gasteiger partial charge in [0.25, 0.3) is 5.91 Å². The number of aromatic nitrogens is 3. The molecule has 2 N–H and O–H groups in total. The van der Waals surface area contributed by atoms with Crippen molar-refractivity contribution < 1.29 is 22.8 Å². The van der Waals surface area contributed by atoms with Crippen LogP contribution in [0.25, 0.3) is 27.5 Å². The van der Waals surface area contributed by atoms with Gasteiger partial charge in [-0.05, 0) is 66.2 Å². The number of likely N-dealkylation sites (N-methyl/N-ethyl adjacent to an activating group) is 1. The van der Waals surface area contributed by atoms with Gasteiger partial charge >= 0.3 is 6.18 Å². The van der Waals surface area contributed by atoms with Gasteiger partial charge in [-0.1, -0.05) is 35.3 Å². The number of alkyl halides is 3. The van der Waals surface area contributed by atoms with Crippen LogP contribution in [-0.4, -0.2) is 39.7 Å². The predicted octanol–water partition coefficient (Wildman–Crippen LogP) is 7.08. The van der Waals surface area contributed by atoms with E-state index < -0.39 is 29.6 Å². The van der Waals surface area contributed by atoms with Gasteiger partial charge in [0.05, 0.1) is 42.4 Å². The van der Waals surface area contributed by atoms with Gasteiger partial charge in [-0.15, -0.1) is 11.3 Å². The van der Waals surface area contributed by atoms with Gasteiger partial charge in [-0.25, -0.2) is 4.68 Å². The van der Waals surface area contributed by atoms with E-state index in [9.17, 15) is 22.8 Å². The molecule has 0 aliphatic carbocycles. The van der Waals surface area contributed by atoms with Gasteiger partial charge in [-0.3, -0.25) is 14.6 Å². The Morgan fingerprint density at radius 1 is 1.00 bits per heavy atom. The zero-order valence-electron chi connectivity index (χ0n) is 22.3. The topological polar surface area (TPSA) is 88.9 Å². The van der Waals surface area contributed by atoms with E-state index in [-0.39, 0.29) is 6.42 Å². The maximum Gasteiger partial charge on any atom is 0.416 e. The van der Waals surface area contributed by atoms with Crippen molar-refractivity contribution in [3.8, 4) is 27.5 Å².